The van der Waals surface area contributed by atoms with Gasteiger partial charge in [0.25, 0.3) is 0 Å². The van der Waals surface area contributed by atoms with E-state index < -0.39 is 11.9 Å². The number of hydrogen-bond acceptors (Lipinski definition) is 5. The van der Waals surface area contributed by atoms with E-state index >= 15 is 0 Å². The Morgan fingerprint density at radius 2 is 1.23 bits per heavy atom. The third-order valence-corrected chi connectivity index (χ3v) is 5.26. The second-order valence-electron chi connectivity index (χ2n) is 8.78. The van der Waals surface area contributed by atoms with Crippen molar-refractivity contribution in [3.8, 4) is 0 Å². The van der Waals surface area contributed by atoms with Gasteiger partial charge in [0.15, 0.2) is 0 Å². The number of hydrogen-bond donors (Lipinski definition) is 2. The lowest BCUT2D eigenvalue weighted by molar-refractivity contribution is -0.840. The number of aryl methyl sites for hydroxylation is 4. The summed E-state index contributed by atoms with van der Waals surface area (Å²) in [5.41, 5.74) is 7.38. The number of ether oxygens (including phenoxy) is 2. The lowest BCUT2D eigenvalue weighted by Gasteiger charge is -2.33. The van der Waals surface area contributed by atoms with E-state index in [9.17, 15) is 14.8 Å². The standard InChI is InChI=1S/C23H33NO3.C4H4O4/c1-17-9-7-10-18(2)21(17)23(22-19(3)11-8-12-20(22)4)27-16-15-26-14-13-24(5,6)25;5-3(6)1-2-4(7)8/h7-12,23H,13-16H2,1-6H3;1-2H,(H,5,6)(H,7,8)/b;2-1-. The van der Waals surface area contributed by atoms with E-state index in [-0.39, 0.29) is 10.8 Å². The molecule has 0 atom stereocenters. The molecule has 0 radical (unpaired) electrons. The maximum Gasteiger partial charge on any atom is 0.328 e. The van der Waals surface area contributed by atoms with Crippen LogP contribution in [0.3, 0.4) is 0 Å². The Bertz CT molecular complexity index is 901. The molecule has 0 amide bonds. The normalized spacial score (nSPS) is 11.4. The number of nitrogens with zero attached hydrogens (tertiary/aromatic N) is 1. The highest BCUT2D eigenvalue weighted by molar-refractivity contribution is 5.89. The number of carboxylic acids is 2. The minimum atomic E-state index is -1.26. The van der Waals surface area contributed by atoms with Gasteiger partial charge < -0.3 is 29.5 Å². The van der Waals surface area contributed by atoms with Crippen molar-refractivity contribution in [2.45, 2.75) is 33.8 Å². The highest BCUT2D eigenvalue weighted by Gasteiger charge is 2.22. The van der Waals surface area contributed by atoms with Crippen LogP contribution in [0.4, 0.5) is 0 Å². The molecule has 0 fully saturated rings. The van der Waals surface area contributed by atoms with E-state index in [1.54, 1.807) is 14.1 Å². The van der Waals surface area contributed by atoms with E-state index in [0.29, 0.717) is 38.5 Å². The van der Waals surface area contributed by atoms with Crippen LogP contribution in [0, 0.1) is 32.9 Å². The Labute approximate surface area is 207 Å². The third-order valence-electron chi connectivity index (χ3n) is 5.26. The summed E-state index contributed by atoms with van der Waals surface area (Å²) in [5, 5.41) is 27.2. The minimum absolute atomic E-state index is 0.122. The average Bonchev–Trinajstić information content (AvgIpc) is 2.73. The number of likely N-dealkylation sites (N-methyl/N-ethyl adjacent to an activating group) is 1. The molecular weight excluding hydrogens is 450 g/mol. The van der Waals surface area contributed by atoms with Gasteiger partial charge in [0, 0.05) is 12.2 Å². The Balaban J connectivity index is 0.000000658. The summed E-state index contributed by atoms with van der Waals surface area (Å²) >= 11 is 0. The van der Waals surface area contributed by atoms with Gasteiger partial charge in [-0.15, -0.1) is 0 Å². The Kier molecular flexibility index (Phi) is 12.3. The molecule has 0 aliphatic heterocycles. The van der Waals surface area contributed by atoms with Crippen molar-refractivity contribution in [3.05, 3.63) is 87.1 Å². The third kappa shape index (κ3) is 11.3. The minimum Gasteiger partial charge on any atom is -0.633 e. The summed E-state index contributed by atoms with van der Waals surface area (Å²) < 4.78 is 11.6. The molecule has 8 heteroatoms. The van der Waals surface area contributed by atoms with E-state index in [1.807, 2.05) is 0 Å². The second kappa shape index (κ2) is 14.4. The highest BCUT2D eigenvalue weighted by Crippen LogP contribution is 2.34. The van der Waals surface area contributed by atoms with Gasteiger partial charge in [-0.25, -0.2) is 9.59 Å². The van der Waals surface area contributed by atoms with Crippen molar-refractivity contribution >= 4 is 11.9 Å². The van der Waals surface area contributed by atoms with Crippen LogP contribution >= 0.6 is 0 Å². The molecule has 0 heterocycles. The van der Waals surface area contributed by atoms with Crippen molar-refractivity contribution in [1.29, 1.82) is 0 Å². The second-order valence-corrected chi connectivity index (χ2v) is 8.78. The van der Waals surface area contributed by atoms with E-state index in [4.69, 9.17) is 19.7 Å². The molecule has 192 valence electrons. The van der Waals surface area contributed by atoms with E-state index in [0.717, 1.165) is 0 Å². The lowest BCUT2D eigenvalue weighted by Crippen LogP contribution is -2.35. The van der Waals surface area contributed by atoms with E-state index in [2.05, 4.69) is 64.1 Å². The monoisotopic (exact) mass is 487 g/mol. The molecule has 0 aliphatic carbocycles. The molecule has 2 aromatic carbocycles. The quantitative estimate of drug-likeness (QED) is 0.210. The molecule has 2 rings (SSSR count). The van der Waals surface area contributed by atoms with Crippen LogP contribution in [0.2, 0.25) is 0 Å². The van der Waals surface area contributed by atoms with Gasteiger partial charge in [-0.3, -0.25) is 0 Å². The maximum absolute atomic E-state index is 11.6. The Morgan fingerprint density at radius 1 is 0.829 bits per heavy atom. The smallest absolute Gasteiger partial charge is 0.328 e. The van der Waals surface area contributed by atoms with Gasteiger partial charge in [0.05, 0.1) is 33.9 Å². The van der Waals surface area contributed by atoms with Gasteiger partial charge >= 0.3 is 11.9 Å². The first-order chi connectivity index (χ1) is 16.3. The predicted molar refractivity (Wildman–Crippen MR) is 135 cm³/mol. The van der Waals surface area contributed by atoms with Crippen molar-refractivity contribution in [1.82, 2.24) is 0 Å². The van der Waals surface area contributed by atoms with Gasteiger partial charge in [-0.2, -0.15) is 0 Å². The van der Waals surface area contributed by atoms with Crippen LogP contribution in [0.25, 0.3) is 0 Å². The van der Waals surface area contributed by atoms with Gasteiger partial charge in [-0.05, 0) is 61.1 Å². The van der Waals surface area contributed by atoms with Crippen molar-refractivity contribution < 1.29 is 33.9 Å². The number of quaternary nitrogens is 1. The average molecular weight is 488 g/mol. The number of benzene rings is 2. The number of rotatable bonds is 11. The summed E-state index contributed by atoms with van der Waals surface area (Å²) in [5.74, 6) is -2.51. The number of carboxylic acid groups (broad SMARTS) is 2. The first-order valence-electron chi connectivity index (χ1n) is 11.3. The molecule has 0 saturated carbocycles. The van der Waals surface area contributed by atoms with Gasteiger partial charge in [0.2, 0.25) is 0 Å². The SMILES string of the molecule is Cc1cccc(C)c1C(OCCOCC[N+](C)(C)[O-])c1c(C)cccc1C.O=C(O)/C=C\C(=O)O. The summed E-state index contributed by atoms with van der Waals surface area (Å²) in [6.45, 7) is 10.4. The molecular formula is C27H37NO7. The summed E-state index contributed by atoms with van der Waals surface area (Å²) in [4.78, 5) is 19.1. The molecule has 0 bridgehead atoms. The summed E-state index contributed by atoms with van der Waals surface area (Å²) in [6.07, 6.45) is 0.993. The van der Waals surface area contributed by atoms with Crippen LogP contribution in [0.1, 0.15) is 39.5 Å². The van der Waals surface area contributed by atoms with E-state index in [1.165, 1.54) is 33.4 Å². The van der Waals surface area contributed by atoms with Gasteiger partial charge in [0.1, 0.15) is 12.6 Å². The largest absolute Gasteiger partial charge is 0.633 e. The zero-order chi connectivity index (χ0) is 26.6. The Hall–Kier alpha value is -3.04. The van der Waals surface area contributed by atoms with Crippen molar-refractivity contribution in [2.75, 3.05) is 40.5 Å². The van der Waals surface area contributed by atoms with Crippen LogP contribution in [0.5, 0.6) is 0 Å². The molecule has 0 saturated heterocycles. The highest BCUT2D eigenvalue weighted by atomic mass is 16.6. The van der Waals surface area contributed by atoms with Crippen LogP contribution in [-0.2, 0) is 19.1 Å². The molecule has 8 nitrogen and oxygen atoms in total. The molecule has 0 aliphatic rings. The zero-order valence-electron chi connectivity index (χ0n) is 21.4. The van der Waals surface area contributed by atoms with Gasteiger partial charge in [-0.1, -0.05) is 36.4 Å². The van der Waals surface area contributed by atoms with Crippen LogP contribution < -0.4 is 0 Å². The van der Waals surface area contributed by atoms with Crippen LogP contribution in [0.15, 0.2) is 48.6 Å². The molecule has 2 N–H and O–H groups in total. The molecule has 2 aromatic rings. The zero-order valence-corrected chi connectivity index (χ0v) is 21.4. The first-order valence-corrected chi connectivity index (χ1v) is 11.3. The fourth-order valence-corrected chi connectivity index (χ4v) is 3.55. The van der Waals surface area contributed by atoms with Crippen molar-refractivity contribution in [3.63, 3.8) is 0 Å². The Morgan fingerprint density at radius 3 is 1.57 bits per heavy atom. The summed E-state index contributed by atoms with van der Waals surface area (Å²) in [7, 11) is 3.25. The van der Waals surface area contributed by atoms with Crippen LogP contribution in [-0.4, -0.2) is 67.3 Å². The predicted octanol–water partition coefficient (Wildman–Crippen LogP) is 4.33. The maximum atomic E-state index is 11.6. The lowest BCUT2D eigenvalue weighted by atomic mass is 9.89. The summed E-state index contributed by atoms with van der Waals surface area (Å²) in [6, 6.07) is 12.7. The fraction of sp³-hybridized carbons (Fsp3) is 0.407. The first kappa shape index (κ1) is 30.0. The molecule has 0 aromatic heterocycles. The number of carbonyl (C=O) groups is 2. The molecule has 35 heavy (non-hydrogen) atoms. The number of hydroxylamine groups is 3. The fourth-order valence-electron chi connectivity index (χ4n) is 3.55. The van der Waals surface area contributed by atoms with Crippen molar-refractivity contribution in [2.24, 2.45) is 0 Å². The number of aliphatic carboxylic acids is 2. The topological polar surface area (TPSA) is 116 Å². The molecule has 0 spiro atoms. The molecule has 0 unspecified atom stereocenters.